The molecule has 1 unspecified atom stereocenters. The van der Waals surface area contributed by atoms with Crippen LogP contribution in [0.3, 0.4) is 0 Å². The van der Waals surface area contributed by atoms with Crippen LogP contribution in [-0.2, 0) is 10.3 Å². The third kappa shape index (κ3) is 3.34. The van der Waals surface area contributed by atoms with Crippen molar-refractivity contribution in [2.24, 2.45) is 10.4 Å². The van der Waals surface area contributed by atoms with Gasteiger partial charge in [0, 0.05) is 30.8 Å². The summed E-state index contributed by atoms with van der Waals surface area (Å²) in [7, 11) is 0. The summed E-state index contributed by atoms with van der Waals surface area (Å²) in [6.45, 7) is 9.26. The summed E-state index contributed by atoms with van der Waals surface area (Å²) in [6.07, 6.45) is 1.03. The van der Waals surface area contributed by atoms with Gasteiger partial charge in [0.2, 0.25) is 0 Å². The Morgan fingerprint density at radius 3 is 2.19 bits per heavy atom. The molecule has 0 aliphatic carbocycles. The van der Waals surface area contributed by atoms with Crippen LogP contribution in [0.25, 0.3) is 0 Å². The normalized spacial score (nSPS) is 25.8. The average Bonchev–Trinajstić information content (AvgIpc) is 2.95. The number of hydrogen-bond donors (Lipinski definition) is 0. The van der Waals surface area contributed by atoms with E-state index in [1.807, 2.05) is 0 Å². The van der Waals surface area contributed by atoms with Crippen molar-refractivity contribution >= 4 is 5.71 Å². The van der Waals surface area contributed by atoms with Crippen LogP contribution in [0.1, 0.15) is 31.4 Å². The molecule has 0 N–H and O–H groups in total. The smallest absolute Gasteiger partial charge is 0.0995 e. The van der Waals surface area contributed by atoms with E-state index in [2.05, 4.69) is 79.4 Å². The first-order valence-electron chi connectivity index (χ1n) is 9.61. The Morgan fingerprint density at radius 1 is 0.923 bits per heavy atom. The molecule has 2 aromatic rings. The highest BCUT2D eigenvalue weighted by molar-refractivity contribution is 6.06. The second-order valence-electron chi connectivity index (χ2n) is 8.17. The first kappa shape index (κ1) is 17.4. The molecular formula is C23H28N2O. The number of ether oxygens (including phenoxy) is 1. The lowest BCUT2D eigenvalue weighted by Gasteiger charge is -2.37. The summed E-state index contributed by atoms with van der Waals surface area (Å²) in [5.41, 5.74) is 3.66. The lowest BCUT2D eigenvalue weighted by atomic mass is 9.75. The molecule has 136 valence electrons. The number of nitrogens with zero attached hydrogens (tertiary/aromatic N) is 2. The van der Waals surface area contributed by atoms with Gasteiger partial charge in [-0.15, -0.1) is 0 Å². The van der Waals surface area contributed by atoms with Gasteiger partial charge in [-0.3, -0.25) is 9.89 Å². The van der Waals surface area contributed by atoms with Crippen LogP contribution < -0.4 is 0 Å². The third-order valence-corrected chi connectivity index (χ3v) is 5.65. The third-order valence-electron chi connectivity index (χ3n) is 5.65. The van der Waals surface area contributed by atoms with E-state index in [1.54, 1.807) is 0 Å². The van der Waals surface area contributed by atoms with Crippen molar-refractivity contribution < 1.29 is 4.74 Å². The Morgan fingerprint density at radius 2 is 1.54 bits per heavy atom. The van der Waals surface area contributed by atoms with Crippen molar-refractivity contribution in [2.75, 3.05) is 32.8 Å². The molecule has 1 atom stereocenters. The van der Waals surface area contributed by atoms with Gasteiger partial charge in [0.1, 0.15) is 0 Å². The number of benzene rings is 2. The number of hydrogen-bond acceptors (Lipinski definition) is 3. The summed E-state index contributed by atoms with van der Waals surface area (Å²) in [6, 6.07) is 21.5. The molecule has 2 aliphatic rings. The van der Waals surface area contributed by atoms with E-state index in [4.69, 9.17) is 9.73 Å². The minimum absolute atomic E-state index is 0.0451. The predicted octanol–water partition coefficient (Wildman–Crippen LogP) is 4.13. The molecular weight excluding hydrogens is 320 g/mol. The largest absolute Gasteiger partial charge is 0.379 e. The molecule has 0 amide bonds. The molecule has 3 nitrogen and oxygen atoms in total. The second-order valence-corrected chi connectivity index (χ2v) is 8.17. The van der Waals surface area contributed by atoms with E-state index in [1.165, 1.54) is 16.8 Å². The number of aliphatic imine (C=N–C) groups is 1. The van der Waals surface area contributed by atoms with Gasteiger partial charge in [0.25, 0.3) is 0 Å². The highest BCUT2D eigenvalue weighted by Crippen LogP contribution is 2.47. The summed E-state index contributed by atoms with van der Waals surface area (Å²) in [5.74, 6) is 0. The fourth-order valence-corrected chi connectivity index (χ4v) is 4.50. The van der Waals surface area contributed by atoms with E-state index in [0.717, 1.165) is 39.3 Å². The summed E-state index contributed by atoms with van der Waals surface area (Å²) in [5, 5.41) is 0. The van der Waals surface area contributed by atoms with E-state index >= 15 is 0 Å². The van der Waals surface area contributed by atoms with Crippen molar-refractivity contribution in [2.45, 2.75) is 25.8 Å². The highest BCUT2D eigenvalue weighted by atomic mass is 16.5. The molecule has 4 rings (SSSR count). The summed E-state index contributed by atoms with van der Waals surface area (Å²) >= 11 is 0. The molecule has 26 heavy (non-hydrogen) atoms. The molecule has 2 aliphatic heterocycles. The van der Waals surface area contributed by atoms with Gasteiger partial charge in [-0.1, -0.05) is 74.5 Å². The maximum atomic E-state index is 5.56. The Bertz CT molecular complexity index is 763. The Labute approximate surface area is 156 Å². The number of morpholine rings is 1. The topological polar surface area (TPSA) is 24.8 Å². The molecule has 0 bridgehead atoms. The first-order valence-corrected chi connectivity index (χ1v) is 9.61. The molecule has 3 heteroatoms. The standard InChI is InChI=1S/C23H28N2O/c1-22(2)17-23(20-11-7-4-8-12-20,18-25-13-15-26-16-14-25)24-21(22)19-9-5-3-6-10-19/h3-12H,13-18H2,1-2H3. The Hall–Kier alpha value is -1.97. The van der Waals surface area contributed by atoms with Gasteiger partial charge < -0.3 is 4.74 Å². The van der Waals surface area contributed by atoms with Crippen LogP contribution in [-0.4, -0.2) is 43.5 Å². The Kier molecular flexibility index (Phi) is 4.68. The number of rotatable bonds is 4. The van der Waals surface area contributed by atoms with Gasteiger partial charge >= 0.3 is 0 Å². The van der Waals surface area contributed by atoms with Gasteiger partial charge in [-0.05, 0) is 17.5 Å². The van der Waals surface area contributed by atoms with Gasteiger partial charge in [-0.25, -0.2) is 0 Å². The highest BCUT2D eigenvalue weighted by Gasteiger charge is 2.47. The van der Waals surface area contributed by atoms with Crippen LogP contribution in [0.2, 0.25) is 0 Å². The molecule has 1 saturated heterocycles. The van der Waals surface area contributed by atoms with Crippen molar-refractivity contribution in [3.63, 3.8) is 0 Å². The quantitative estimate of drug-likeness (QED) is 0.830. The Balaban J connectivity index is 1.77. The van der Waals surface area contributed by atoms with Crippen molar-refractivity contribution in [3.8, 4) is 0 Å². The van der Waals surface area contributed by atoms with Crippen LogP contribution in [0.5, 0.6) is 0 Å². The molecule has 0 spiro atoms. The molecule has 0 saturated carbocycles. The zero-order valence-electron chi connectivity index (χ0n) is 15.8. The predicted molar refractivity (Wildman–Crippen MR) is 107 cm³/mol. The monoisotopic (exact) mass is 348 g/mol. The fourth-order valence-electron chi connectivity index (χ4n) is 4.50. The van der Waals surface area contributed by atoms with Crippen LogP contribution in [0, 0.1) is 5.41 Å². The second kappa shape index (κ2) is 6.98. The van der Waals surface area contributed by atoms with Crippen LogP contribution in [0.4, 0.5) is 0 Å². The minimum Gasteiger partial charge on any atom is -0.379 e. The van der Waals surface area contributed by atoms with Gasteiger partial charge in [-0.2, -0.15) is 0 Å². The zero-order valence-corrected chi connectivity index (χ0v) is 15.8. The van der Waals surface area contributed by atoms with Gasteiger partial charge in [0.15, 0.2) is 0 Å². The lowest BCUT2D eigenvalue weighted by molar-refractivity contribution is 0.0259. The average molecular weight is 348 g/mol. The van der Waals surface area contributed by atoms with E-state index in [0.29, 0.717) is 0 Å². The summed E-state index contributed by atoms with van der Waals surface area (Å²) in [4.78, 5) is 7.96. The van der Waals surface area contributed by atoms with Crippen LogP contribution in [0.15, 0.2) is 65.7 Å². The van der Waals surface area contributed by atoms with E-state index in [9.17, 15) is 0 Å². The van der Waals surface area contributed by atoms with Gasteiger partial charge in [0.05, 0.1) is 18.8 Å². The van der Waals surface area contributed by atoms with E-state index < -0.39 is 0 Å². The van der Waals surface area contributed by atoms with Crippen LogP contribution >= 0.6 is 0 Å². The molecule has 0 radical (unpaired) electrons. The molecule has 2 aromatic carbocycles. The zero-order chi connectivity index (χ0) is 18.0. The lowest BCUT2D eigenvalue weighted by Crippen LogP contribution is -2.45. The van der Waals surface area contributed by atoms with Crippen molar-refractivity contribution in [1.29, 1.82) is 0 Å². The SMILES string of the molecule is CC1(C)CC(CN2CCOCC2)(c2ccccc2)N=C1c1ccccc1. The van der Waals surface area contributed by atoms with Crippen molar-refractivity contribution in [1.82, 2.24) is 4.90 Å². The van der Waals surface area contributed by atoms with Crippen molar-refractivity contribution in [3.05, 3.63) is 71.8 Å². The summed E-state index contributed by atoms with van der Waals surface area (Å²) < 4.78 is 5.56. The minimum atomic E-state index is -0.187. The molecule has 0 aromatic heterocycles. The fraction of sp³-hybridized carbons (Fsp3) is 0.435. The van der Waals surface area contributed by atoms with E-state index in [-0.39, 0.29) is 11.0 Å². The maximum absolute atomic E-state index is 5.56. The first-order chi connectivity index (χ1) is 12.6. The molecule has 1 fully saturated rings. The molecule has 2 heterocycles. The maximum Gasteiger partial charge on any atom is 0.0995 e.